The molecule has 0 aromatic heterocycles. The van der Waals surface area contributed by atoms with E-state index in [4.69, 9.17) is 14.2 Å². The zero-order valence-electron chi connectivity index (χ0n) is 17.1. The highest BCUT2D eigenvalue weighted by molar-refractivity contribution is 5.79. The average molecular weight is 375 g/mol. The van der Waals surface area contributed by atoms with E-state index >= 15 is 0 Å². The van der Waals surface area contributed by atoms with Crippen molar-refractivity contribution in [2.75, 3.05) is 53.2 Å². The maximum Gasteiger partial charge on any atom is 0.407 e. The molecule has 1 unspecified atom stereocenters. The predicted octanol–water partition coefficient (Wildman–Crippen LogP) is 1.76. The van der Waals surface area contributed by atoms with Gasteiger partial charge in [-0.15, -0.1) is 0 Å². The van der Waals surface area contributed by atoms with Crippen LogP contribution in [0.4, 0.5) is 4.79 Å². The highest BCUT2D eigenvalue weighted by Gasteiger charge is 2.14. The van der Waals surface area contributed by atoms with E-state index in [1.807, 2.05) is 6.92 Å². The fourth-order valence-corrected chi connectivity index (χ4v) is 2.26. The number of hydrogen-bond donors (Lipinski definition) is 3. The summed E-state index contributed by atoms with van der Waals surface area (Å²) in [5, 5.41) is 9.38. The summed E-state index contributed by atoms with van der Waals surface area (Å²) in [4.78, 5) is 16.3. The molecule has 0 aromatic rings. The Bertz CT molecular complexity index is 378. The molecule has 0 bridgehead atoms. The van der Waals surface area contributed by atoms with Gasteiger partial charge in [-0.05, 0) is 32.6 Å². The van der Waals surface area contributed by atoms with Crippen molar-refractivity contribution in [2.24, 2.45) is 10.9 Å². The van der Waals surface area contributed by atoms with E-state index < -0.39 is 0 Å². The van der Waals surface area contributed by atoms with Crippen molar-refractivity contribution in [1.29, 1.82) is 0 Å². The Hall–Kier alpha value is -1.54. The van der Waals surface area contributed by atoms with Crippen molar-refractivity contribution < 1.29 is 19.0 Å². The lowest BCUT2D eigenvalue weighted by molar-refractivity contribution is 0.0698. The zero-order chi connectivity index (χ0) is 19.6. The van der Waals surface area contributed by atoms with Crippen LogP contribution in [-0.2, 0) is 14.2 Å². The van der Waals surface area contributed by atoms with Gasteiger partial charge in [0.15, 0.2) is 5.96 Å². The molecule has 0 rings (SSSR count). The number of methoxy groups -OCH3 is 1. The first kappa shape index (κ1) is 24.5. The fourth-order valence-electron chi connectivity index (χ4n) is 2.26. The van der Waals surface area contributed by atoms with E-state index in [2.05, 4.69) is 34.8 Å². The van der Waals surface area contributed by atoms with E-state index in [0.29, 0.717) is 38.9 Å². The highest BCUT2D eigenvalue weighted by Crippen LogP contribution is 2.05. The minimum absolute atomic E-state index is 0.0538. The highest BCUT2D eigenvalue weighted by atomic mass is 16.5. The van der Waals surface area contributed by atoms with Crippen LogP contribution in [-0.4, -0.2) is 71.3 Å². The lowest BCUT2D eigenvalue weighted by Crippen LogP contribution is -2.42. The number of carbonyl (C=O) groups is 1. The molecule has 0 fully saturated rings. The molecule has 26 heavy (non-hydrogen) atoms. The van der Waals surface area contributed by atoms with Gasteiger partial charge in [0.25, 0.3) is 0 Å². The Morgan fingerprint density at radius 3 is 2.50 bits per heavy atom. The normalized spacial score (nSPS) is 12.8. The van der Waals surface area contributed by atoms with Crippen molar-refractivity contribution in [3.63, 3.8) is 0 Å². The topological polar surface area (TPSA) is 93.2 Å². The molecular formula is C18H38N4O4. The van der Waals surface area contributed by atoms with Gasteiger partial charge in [0.2, 0.25) is 0 Å². The van der Waals surface area contributed by atoms with E-state index in [0.717, 1.165) is 31.9 Å². The van der Waals surface area contributed by atoms with Crippen molar-refractivity contribution in [3.8, 4) is 0 Å². The molecule has 0 aliphatic heterocycles. The third-order valence-electron chi connectivity index (χ3n) is 3.36. The van der Waals surface area contributed by atoms with Crippen molar-refractivity contribution in [3.05, 3.63) is 0 Å². The molecule has 0 aliphatic carbocycles. The third-order valence-corrected chi connectivity index (χ3v) is 3.36. The van der Waals surface area contributed by atoms with Crippen molar-refractivity contribution >= 4 is 12.1 Å². The number of nitrogens with one attached hydrogen (secondary N) is 3. The number of hydrogen-bond acceptors (Lipinski definition) is 5. The van der Waals surface area contributed by atoms with Gasteiger partial charge < -0.3 is 30.2 Å². The summed E-state index contributed by atoms with van der Waals surface area (Å²) >= 11 is 0. The summed E-state index contributed by atoms with van der Waals surface area (Å²) in [6.45, 7) is 12.4. The van der Waals surface area contributed by atoms with Gasteiger partial charge in [0.05, 0.1) is 32.4 Å². The maximum absolute atomic E-state index is 11.7. The van der Waals surface area contributed by atoms with Crippen LogP contribution in [0.25, 0.3) is 0 Å². The Morgan fingerprint density at radius 1 is 1.12 bits per heavy atom. The number of rotatable bonds is 14. The second-order valence-electron chi connectivity index (χ2n) is 6.30. The standard InChI is InChI=1S/C18H38N4O4/c1-6-19-17(20-9-8-10-25-12-11-24-5)21-14-16(13-15(3)4)22-18(23)26-7-2/h15-16H,6-14H2,1-5H3,(H,22,23)(H2,19,20,21). The summed E-state index contributed by atoms with van der Waals surface area (Å²) in [5.41, 5.74) is 0. The van der Waals surface area contributed by atoms with E-state index in [-0.39, 0.29) is 12.1 Å². The quantitative estimate of drug-likeness (QED) is 0.244. The molecule has 3 N–H and O–H groups in total. The molecule has 0 saturated carbocycles. The molecule has 1 amide bonds. The number of alkyl carbamates (subject to hydrolysis) is 1. The number of nitrogens with zero attached hydrogens (tertiary/aromatic N) is 1. The molecule has 0 aromatic carbocycles. The Morgan fingerprint density at radius 2 is 1.88 bits per heavy atom. The molecule has 8 nitrogen and oxygen atoms in total. The second kappa shape index (κ2) is 16.9. The molecule has 154 valence electrons. The monoisotopic (exact) mass is 374 g/mol. The molecule has 0 radical (unpaired) electrons. The van der Waals surface area contributed by atoms with E-state index in [1.165, 1.54) is 0 Å². The Labute approximate surface area is 158 Å². The smallest absolute Gasteiger partial charge is 0.407 e. The van der Waals surface area contributed by atoms with E-state index in [1.54, 1.807) is 14.0 Å². The van der Waals surface area contributed by atoms with Crippen LogP contribution < -0.4 is 16.0 Å². The van der Waals surface area contributed by atoms with Gasteiger partial charge in [0.1, 0.15) is 0 Å². The number of aliphatic imine (C=N–C) groups is 1. The van der Waals surface area contributed by atoms with Crippen LogP contribution >= 0.6 is 0 Å². The maximum atomic E-state index is 11.7. The summed E-state index contributed by atoms with van der Waals surface area (Å²) in [7, 11) is 1.66. The summed E-state index contributed by atoms with van der Waals surface area (Å²) in [6.07, 6.45) is 1.33. The van der Waals surface area contributed by atoms with Gasteiger partial charge in [-0.3, -0.25) is 4.99 Å². The minimum Gasteiger partial charge on any atom is -0.450 e. The predicted molar refractivity (Wildman–Crippen MR) is 105 cm³/mol. The summed E-state index contributed by atoms with van der Waals surface area (Å²) in [5.74, 6) is 1.20. The van der Waals surface area contributed by atoms with Crippen LogP contribution in [0.5, 0.6) is 0 Å². The number of carbonyl (C=O) groups excluding carboxylic acids is 1. The fraction of sp³-hybridized carbons (Fsp3) is 0.889. The van der Waals surface area contributed by atoms with Crippen LogP contribution in [0.1, 0.15) is 40.5 Å². The van der Waals surface area contributed by atoms with E-state index in [9.17, 15) is 4.79 Å². The average Bonchev–Trinajstić information content (AvgIpc) is 2.58. The molecule has 0 spiro atoms. The lowest BCUT2D eigenvalue weighted by Gasteiger charge is -2.19. The minimum atomic E-state index is -0.389. The van der Waals surface area contributed by atoms with Gasteiger partial charge in [0, 0.05) is 26.8 Å². The SMILES string of the molecule is CCNC(=NCC(CC(C)C)NC(=O)OCC)NCCCOCCOC. The largest absolute Gasteiger partial charge is 0.450 e. The molecule has 0 heterocycles. The van der Waals surface area contributed by atoms with Crippen molar-refractivity contribution in [1.82, 2.24) is 16.0 Å². The van der Waals surface area contributed by atoms with Gasteiger partial charge in [-0.1, -0.05) is 13.8 Å². The summed E-state index contributed by atoms with van der Waals surface area (Å²) in [6, 6.07) is -0.0538. The zero-order valence-corrected chi connectivity index (χ0v) is 17.1. The Kier molecular flexibility index (Phi) is 15.9. The van der Waals surface area contributed by atoms with Crippen LogP contribution in [0.2, 0.25) is 0 Å². The molecule has 0 aliphatic rings. The second-order valence-corrected chi connectivity index (χ2v) is 6.30. The third kappa shape index (κ3) is 14.8. The number of guanidine groups is 1. The van der Waals surface area contributed by atoms with Crippen LogP contribution in [0.15, 0.2) is 4.99 Å². The van der Waals surface area contributed by atoms with Crippen molar-refractivity contribution in [2.45, 2.75) is 46.6 Å². The molecule has 8 heteroatoms. The van der Waals surface area contributed by atoms with Gasteiger partial charge in [-0.2, -0.15) is 0 Å². The molecule has 1 atom stereocenters. The first-order chi connectivity index (χ1) is 12.5. The number of ether oxygens (including phenoxy) is 3. The van der Waals surface area contributed by atoms with Gasteiger partial charge in [-0.25, -0.2) is 4.79 Å². The van der Waals surface area contributed by atoms with Gasteiger partial charge >= 0.3 is 6.09 Å². The number of amides is 1. The van der Waals surface area contributed by atoms with Crippen LogP contribution in [0, 0.1) is 5.92 Å². The first-order valence-electron chi connectivity index (χ1n) is 9.55. The lowest BCUT2D eigenvalue weighted by atomic mass is 10.0. The first-order valence-corrected chi connectivity index (χ1v) is 9.55. The Balaban J connectivity index is 4.38. The molecular weight excluding hydrogens is 336 g/mol. The molecule has 0 saturated heterocycles. The van der Waals surface area contributed by atoms with Crippen LogP contribution in [0.3, 0.4) is 0 Å². The summed E-state index contributed by atoms with van der Waals surface area (Å²) < 4.78 is 15.3.